The summed E-state index contributed by atoms with van der Waals surface area (Å²) in [6, 6.07) is 6.69. The second-order valence-corrected chi connectivity index (χ2v) is 8.92. The van der Waals surface area contributed by atoms with Crippen molar-refractivity contribution in [3.05, 3.63) is 82.0 Å². The molecule has 12 heteroatoms. The van der Waals surface area contributed by atoms with E-state index in [4.69, 9.17) is 23.2 Å². The summed E-state index contributed by atoms with van der Waals surface area (Å²) in [6.45, 7) is 3.47. The second-order valence-electron chi connectivity index (χ2n) is 8.13. The summed E-state index contributed by atoms with van der Waals surface area (Å²) in [6.07, 6.45) is 4.48. The number of rotatable bonds is 8. The molecule has 4 rings (SSSR count). The molecule has 2 N–H and O–H groups in total. The van der Waals surface area contributed by atoms with E-state index in [1.807, 2.05) is 0 Å². The number of aromatic nitrogens is 2. The van der Waals surface area contributed by atoms with Gasteiger partial charge in [-0.15, -0.1) is 0 Å². The van der Waals surface area contributed by atoms with Crippen LogP contribution in [0.15, 0.2) is 54.2 Å². The maximum absolute atomic E-state index is 15.1. The summed E-state index contributed by atoms with van der Waals surface area (Å²) >= 11 is 12.5. The van der Waals surface area contributed by atoms with Gasteiger partial charge in [0.15, 0.2) is 12.1 Å². The number of amides is 1. The topological polar surface area (TPSA) is 93.7 Å². The monoisotopic (exact) mass is 532 g/mol. The molecule has 36 heavy (non-hydrogen) atoms. The Labute approximate surface area is 215 Å². The summed E-state index contributed by atoms with van der Waals surface area (Å²) in [5.74, 6) is -1.20. The van der Waals surface area contributed by atoms with E-state index >= 15 is 4.39 Å². The summed E-state index contributed by atoms with van der Waals surface area (Å²) in [4.78, 5) is 31.0. The molecule has 1 fully saturated rings. The molecule has 0 aliphatic carbocycles. The number of H-pyrrole nitrogens is 1. The quantitative estimate of drug-likeness (QED) is 0.141. The number of aliphatic imine (C=N–C) groups is 1. The number of nitrogens with zero attached hydrogens (tertiary/aromatic N) is 4. The maximum atomic E-state index is 15.1. The molecule has 1 amide bonds. The summed E-state index contributed by atoms with van der Waals surface area (Å²) in [5.41, 5.74) is -1.26. The third-order valence-corrected chi connectivity index (χ3v) is 6.56. The molecule has 2 heterocycles. The minimum atomic E-state index is -1.23. The van der Waals surface area contributed by atoms with Crippen LogP contribution in [0, 0.1) is 11.6 Å². The van der Waals surface area contributed by atoms with Crippen molar-refractivity contribution in [3.63, 3.8) is 0 Å². The van der Waals surface area contributed by atoms with Crippen molar-refractivity contribution >= 4 is 58.9 Å². The zero-order valence-electron chi connectivity index (χ0n) is 18.9. The highest BCUT2D eigenvalue weighted by molar-refractivity contribution is 6.42. The Hall–Kier alpha value is -3.76. The van der Waals surface area contributed by atoms with E-state index in [2.05, 4.69) is 27.1 Å². The standard InChI is InChI=1S/C24H20Cl2F2N6O2/c1-3-20(36)34-11-24(12-34,21-17(27)5-4-16(25)22(21)26)31-15-8-14(10-35)23(18(28)9-15)29-13-33(2)19-6-7-30-32-19/h3-10,13,31H,1,11-12H2,2H3,(H,30,32). The zero-order valence-corrected chi connectivity index (χ0v) is 20.4. The molecule has 0 bridgehead atoms. The molecule has 1 aromatic heterocycles. The summed E-state index contributed by atoms with van der Waals surface area (Å²) in [5, 5.41) is 9.72. The fourth-order valence-electron chi connectivity index (χ4n) is 4.00. The minimum Gasteiger partial charge on any atom is -0.372 e. The van der Waals surface area contributed by atoms with E-state index in [1.165, 1.54) is 23.4 Å². The lowest BCUT2D eigenvalue weighted by Crippen LogP contribution is -2.65. The van der Waals surface area contributed by atoms with Crippen LogP contribution in [0.4, 0.5) is 26.0 Å². The van der Waals surface area contributed by atoms with E-state index in [9.17, 15) is 14.0 Å². The van der Waals surface area contributed by atoms with Gasteiger partial charge in [-0.25, -0.2) is 13.8 Å². The first-order chi connectivity index (χ1) is 17.2. The van der Waals surface area contributed by atoms with Gasteiger partial charge in [-0.1, -0.05) is 29.8 Å². The van der Waals surface area contributed by atoms with Crippen molar-refractivity contribution in [2.75, 3.05) is 30.4 Å². The number of carbonyl (C=O) groups is 2. The molecule has 2 aromatic carbocycles. The largest absolute Gasteiger partial charge is 0.372 e. The van der Waals surface area contributed by atoms with Crippen LogP contribution in [0.1, 0.15) is 15.9 Å². The molecule has 0 unspecified atom stereocenters. The van der Waals surface area contributed by atoms with Gasteiger partial charge >= 0.3 is 0 Å². The number of nitrogens with one attached hydrogen (secondary N) is 2. The molecule has 186 valence electrons. The predicted octanol–water partition coefficient (Wildman–Crippen LogP) is 4.94. The van der Waals surface area contributed by atoms with Crippen molar-refractivity contribution in [2.45, 2.75) is 5.54 Å². The average molecular weight is 533 g/mol. The van der Waals surface area contributed by atoms with Crippen LogP contribution in [0.5, 0.6) is 0 Å². The van der Waals surface area contributed by atoms with Crippen molar-refractivity contribution in [1.29, 1.82) is 0 Å². The number of benzene rings is 2. The number of likely N-dealkylation sites (tertiary alicyclic amines) is 1. The fraction of sp³-hybridized carbons (Fsp3) is 0.167. The molecule has 0 saturated carbocycles. The number of hydrogen-bond donors (Lipinski definition) is 2. The number of aldehydes is 1. The van der Waals surface area contributed by atoms with Gasteiger partial charge < -0.3 is 15.1 Å². The number of anilines is 2. The highest BCUT2D eigenvalue weighted by atomic mass is 35.5. The molecule has 0 spiro atoms. The fourth-order valence-corrected chi connectivity index (χ4v) is 4.49. The van der Waals surface area contributed by atoms with Crippen LogP contribution in [0.3, 0.4) is 0 Å². The van der Waals surface area contributed by atoms with Crippen molar-refractivity contribution in [3.8, 4) is 0 Å². The predicted molar refractivity (Wildman–Crippen MR) is 135 cm³/mol. The molecule has 1 aliphatic heterocycles. The van der Waals surface area contributed by atoms with Crippen LogP contribution in [-0.2, 0) is 10.3 Å². The summed E-state index contributed by atoms with van der Waals surface area (Å²) in [7, 11) is 1.67. The molecular weight excluding hydrogens is 513 g/mol. The highest BCUT2D eigenvalue weighted by Crippen LogP contribution is 2.43. The summed E-state index contributed by atoms with van der Waals surface area (Å²) < 4.78 is 30.1. The molecule has 3 aromatic rings. The van der Waals surface area contributed by atoms with Gasteiger partial charge in [0.2, 0.25) is 5.91 Å². The lowest BCUT2D eigenvalue weighted by atomic mass is 9.81. The number of halogens is 4. The van der Waals surface area contributed by atoms with Gasteiger partial charge in [0, 0.05) is 29.9 Å². The van der Waals surface area contributed by atoms with E-state index < -0.39 is 17.2 Å². The second kappa shape index (κ2) is 10.1. The number of carbonyl (C=O) groups excluding carboxylic acids is 2. The third-order valence-electron chi connectivity index (χ3n) is 5.76. The van der Waals surface area contributed by atoms with Crippen LogP contribution in [-0.4, -0.2) is 53.8 Å². The molecule has 1 saturated heterocycles. The van der Waals surface area contributed by atoms with Crippen molar-refractivity contribution in [2.24, 2.45) is 4.99 Å². The van der Waals surface area contributed by atoms with Gasteiger partial charge in [0.25, 0.3) is 0 Å². The minimum absolute atomic E-state index is 0.00174. The van der Waals surface area contributed by atoms with Crippen molar-refractivity contribution < 1.29 is 18.4 Å². The van der Waals surface area contributed by atoms with Crippen molar-refractivity contribution in [1.82, 2.24) is 15.1 Å². The zero-order chi connectivity index (χ0) is 26.0. The maximum Gasteiger partial charge on any atom is 0.246 e. The first-order valence-corrected chi connectivity index (χ1v) is 11.3. The van der Waals surface area contributed by atoms with Crippen LogP contribution in [0.25, 0.3) is 0 Å². The Bertz CT molecular complexity index is 1360. The number of hydrogen-bond acceptors (Lipinski definition) is 5. The Kier molecular flexibility index (Phi) is 7.09. The number of aromatic amines is 1. The highest BCUT2D eigenvalue weighted by Gasteiger charge is 2.49. The third kappa shape index (κ3) is 4.69. The molecule has 1 aliphatic rings. The first kappa shape index (κ1) is 25.3. The normalized spacial score (nSPS) is 14.4. The molecule has 0 radical (unpaired) electrons. The van der Waals surface area contributed by atoms with E-state index in [0.717, 1.165) is 18.2 Å². The molecule has 8 nitrogen and oxygen atoms in total. The Morgan fingerprint density at radius 1 is 1.28 bits per heavy atom. The SMILES string of the molecule is C=CC(=O)N1CC(Nc2cc(F)c(N=CN(C)c3ccn[nH]3)c(C=O)c2)(c2c(F)ccc(Cl)c2Cl)C1. The smallest absolute Gasteiger partial charge is 0.246 e. The lowest BCUT2D eigenvalue weighted by Gasteiger charge is -2.51. The average Bonchev–Trinajstić information content (AvgIpc) is 3.38. The molecule has 0 atom stereocenters. The lowest BCUT2D eigenvalue weighted by molar-refractivity contribution is -0.132. The van der Waals surface area contributed by atoms with Crippen LogP contribution in [0.2, 0.25) is 10.0 Å². The Morgan fingerprint density at radius 3 is 2.67 bits per heavy atom. The van der Waals surface area contributed by atoms with Gasteiger partial charge in [-0.2, -0.15) is 5.10 Å². The Morgan fingerprint density at radius 2 is 2.03 bits per heavy atom. The van der Waals surface area contributed by atoms with E-state index in [-0.39, 0.29) is 51.5 Å². The van der Waals surface area contributed by atoms with Gasteiger partial charge in [0.05, 0.1) is 35.7 Å². The molecular formula is C24H20Cl2F2N6O2. The van der Waals surface area contributed by atoms with Crippen LogP contribution >= 0.6 is 23.2 Å². The van der Waals surface area contributed by atoms with E-state index in [1.54, 1.807) is 24.2 Å². The van der Waals surface area contributed by atoms with Crippen LogP contribution < -0.4 is 10.2 Å². The van der Waals surface area contributed by atoms with E-state index in [0.29, 0.717) is 12.1 Å². The van der Waals surface area contributed by atoms with Gasteiger partial charge in [0.1, 0.15) is 22.9 Å². The van der Waals surface area contributed by atoms with Gasteiger partial charge in [-0.3, -0.25) is 14.7 Å². The first-order valence-electron chi connectivity index (χ1n) is 10.6. The van der Waals surface area contributed by atoms with Gasteiger partial charge in [-0.05, 0) is 30.3 Å². The Balaban J connectivity index is 1.70.